The van der Waals surface area contributed by atoms with Gasteiger partial charge in [0.15, 0.2) is 5.96 Å². The smallest absolute Gasteiger partial charge is 0.191 e. The van der Waals surface area contributed by atoms with E-state index in [1.165, 1.54) is 0 Å². The van der Waals surface area contributed by atoms with E-state index in [1.54, 1.807) is 6.08 Å². The number of hydrogen-bond acceptors (Lipinski definition) is 2. The first-order chi connectivity index (χ1) is 9.27. The molecule has 0 radical (unpaired) electrons. The van der Waals surface area contributed by atoms with Crippen molar-refractivity contribution in [1.29, 1.82) is 0 Å². The Morgan fingerprint density at radius 3 is 2.75 bits per heavy atom. The number of aliphatic imine (C=N–C) groups is 1. The largest absolute Gasteiger partial charge is 0.491 e. The third-order valence-corrected chi connectivity index (χ3v) is 2.47. The maximum atomic E-state index is 5.69. The van der Waals surface area contributed by atoms with Crippen molar-refractivity contribution in [2.45, 2.75) is 13.8 Å². The zero-order valence-corrected chi connectivity index (χ0v) is 14.5. The number of guanidine groups is 1. The molecule has 112 valence electrons. The molecule has 0 atom stereocenters. The number of halogens is 1. The molecule has 0 fully saturated rings. The molecule has 20 heavy (non-hydrogen) atoms. The van der Waals surface area contributed by atoms with Crippen LogP contribution in [-0.2, 0) is 0 Å². The highest BCUT2D eigenvalue weighted by Gasteiger charge is 1.97. The van der Waals surface area contributed by atoms with E-state index in [0.29, 0.717) is 19.7 Å². The Morgan fingerprint density at radius 2 is 2.10 bits per heavy atom. The third kappa shape index (κ3) is 7.37. The number of ether oxygens (including phenoxy) is 1. The number of benzene rings is 1. The van der Waals surface area contributed by atoms with Gasteiger partial charge in [-0.2, -0.15) is 0 Å². The van der Waals surface area contributed by atoms with Crippen molar-refractivity contribution >= 4 is 29.9 Å². The summed E-state index contributed by atoms with van der Waals surface area (Å²) < 4.78 is 5.69. The van der Waals surface area contributed by atoms with Crippen molar-refractivity contribution in [3.05, 3.63) is 42.5 Å². The molecule has 4 nitrogen and oxygen atoms in total. The Hall–Kier alpha value is -1.24. The lowest BCUT2D eigenvalue weighted by Crippen LogP contribution is -2.37. The number of rotatable bonds is 7. The van der Waals surface area contributed by atoms with Crippen LogP contribution in [0.1, 0.15) is 12.5 Å². The SMILES string of the molecule is C=CCNC(=NCCOc1ccccc1C)NCC.I. The van der Waals surface area contributed by atoms with Gasteiger partial charge in [-0.25, -0.2) is 4.99 Å². The van der Waals surface area contributed by atoms with E-state index in [2.05, 4.69) is 22.2 Å². The van der Waals surface area contributed by atoms with Crippen LogP contribution in [0.15, 0.2) is 41.9 Å². The summed E-state index contributed by atoms with van der Waals surface area (Å²) in [6.45, 7) is 10.5. The lowest BCUT2D eigenvalue weighted by Gasteiger charge is -2.10. The molecule has 0 spiro atoms. The molecule has 0 amide bonds. The van der Waals surface area contributed by atoms with E-state index >= 15 is 0 Å². The van der Waals surface area contributed by atoms with E-state index < -0.39 is 0 Å². The molecule has 0 bridgehead atoms. The van der Waals surface area contributed by atoms with Crippen LogP contribution in [-0.4, -0.2) is 32.2 Å². The van der Waals surface area contributed by atoms with Gasteiger partial charge in [-0.15, -0.1) is 30.6 Å². The fourth-order valence-electron chi connectivity index (χ4n) is 1.54. The Kier molecular flexibility index (Phi) is 10.9. The predicted octanol–water partition coefficient (Wildman–Crippen LogP) is 2.73. The zero-order chi connectivity index (χ0) is 13.9. The Balaban J connectivity index is 0.00000361. The van der Waals surface area contributed by atoms with Gasteiger partial charge in [0.05, 0.1) is 6.54 Å². The molecule has 1 aromatic rings. The highest BCUT2D eigenvalue weighted by Crippen LogP contribution is 2.15. The molecule has 0 aliphatic heterocycles. The zero-order valence-electron chi connectivity index (χ0n) is 12.2. The van der Waals surface area contributed by atoms with E-state index in [0.717, 1.165) is 23.8 Å². The van der Waals surface area contributed by atoms with Crippen LogP contribution in [0.4, 0.5) is 0 Å². The van der Waals surface area contributed by atoms with E-state index in [4.69, 9.17) is 4.74 Å². The average molecular weight is 389 g/mol. The van der Waals surface area contributed by atoms with Gasteiger partial charge in [0.25, 0.3) is 0 Å². The summed E-state index contributed by atoms with van der Waals surface area (Å²) in [5.41, 5.74) is 1.14. The summed E-state index contributed by atoms with van der Waals surface area (Å²) in [5, 5.41) is 6.31. The topological polar surface area (TPSA) is 45.7 Å². The molecule has 0 aliphatic rings. The van der Waals surface area contributed by atoms with Crippen LogP contribution in [0.25, 0.3) is 0 Å². The fourth-order valence-corrected chi connectivity index (χ4v) is 1.54. The van der Waals surface area contributed by atoms with Gasteiger partial charge >= 0.3 is 0 Å². The van der Waals surface area contributed by atoms with Crippen LogP contribution in [0.2, 0.25) is 0 Å². The van der Waals surface area contributed by atoms with E-state index in [1.807, 2.05) is 38.1 Å². The molecule has 1 aromatic carbocycles. The Labute approximate surface area is 138 Å². The second kappa shape index (κ2) is 11.6. The maximum absolute atomic E-state index is 5.69. The quantitative estimate of drug-likeness (QED) is 0.248. The summed E-state index contributed by atoms with van der Waals surface area (Å²) in [6.07, 6.45) is 1.80. The van der Waals surface area contributed by atoms with Crippen LogP contribution in [0.5, 0.6) is 5.75 Å². The Morgan fingerprint density at radius 1 is 1.35 bits per heavy atom. The van der Waals surface area contributed by atoms with Crippen LogP contribution >= 0.6 is 24.0 Å². The molecular weight excluding hydrogens is 365 g/mol. The first kappa shape index (κ1) is 18.8. The minimum absolute atomic E-state index is 0. The van der Waals surface area contributed by atoms with Gasteiger partial charge in [-0.1, -0.05) is 24.3 Å². The first-order valence-corrected chi connectivity index (χ1v) is 6.59. The summed E-state index contributed by atoms with van der Waals surface area (Å²) in [4.78, 5) is 4.42. The first-order valence-electron chi connectivity index (χ1n) is 6.59. The second-order valence-corrected chi connectivity index (χ2v) is 4.04. The highest BCUT2D eigenvalue weighted by atomic mass is 127. The molecule has 5 heteroatoms. The molecule has 0 aliphatic carbocycles. The monoisotopic (exact) mass is 389 g/mol. The number of nitrogens with one attached hydrogen (secondary N) is 2. The van der Waals surface area contributed by atoms with Gasteiger partial charge in [-0.05, 0) is 25.5 Å². The van der Waals surface area contributed by atoms with Gasteiger partial charge in [0.1, 0.15) is 12.4 Å². The number of aryl methyl sites for hydroxylation is 1. The fraction of sp³-hybridized carbons (Fsp3) is 0.400. The van der Waals surface area contributed by atoms with Crippen molar-refractivity contribution in [2.24, 2.45) is 4.99 Å². The van der Waals surface area contributed by atoms with Crippen LogP contribution in [0, 0.1) is 6.92 Å². The summed E-state index contributed by atoms with van der Waals surface area (Å²) in [7, 11) is 0. The number of nitrogens with zero attached hydrogens (tertiary/aromatic N) is 1. The van der Waals surface area contributed by atoms with E-state index in [-0.39, 0.29) is 24.0 Å². The number of hydrogen-bond donors (Lipinski definition) is 2. The third-order valence-electron chi connectivity index (χ3n) is 2.47. The second-order valence-electron chi connectivity index (χ2n) is 4.04. The highest BCUT2D eigenvalue weighted by molar-refractivity contribution is 14.0. The van der Waals surface area contributed by atoms with Crippen molar-refractivity contribution < 1.29 is 4.74 Å². The minimum Gasteiger partial charge on any atom is -0.491 e. The summed E-state index contributed by atoms with van der Waals surface area (Å²) in [6, 6.07) is 7.98. The summed E-state index contributed by atoms with van der Waals surface area (Å²) >= 11 is 0. The molecule has 0 heterocycles. The molecule has 0 unspecified atom stereocenters. The van der Waals surface area contributed by atoms with Gasteiger partial charge in [0.2, 0.25) is 0 Å². The van der Waals surface area contributed by atoms with Gasteiger partial charge in [-0.3, -0.25) is 0 Å². The molecule has 0 aromatic heterocycles. The van der Waals surface area contributed by atoms with Crippen LogP contribution < -0.4 is 15.4 Å². The van der Waals surface area contributed by atoms with Gasteiger partial charge in [0, 0.05) is 13.1 Å². The van der Waals surface area contributed by atoms with Crippen LogP contribution in [0.3, 0.4) is 0 Å². The number of para-hydroxylation sites is 1. The Bertz CT molecular complexity index is 421. The summed E-state index contributed by atoms with van der Waals surface area (Å²) in [5.74, 6) is 1.71. The van der Waals surface area contributed by atoms with E-state index in [9.17, 15) is 0 Å². The van der Waals surface area contributed by atoms with Crippen molar-refractivity contribution in [2.75, 3.05) is 26.2 Å². The molecule has 0 saturated carbocycles. The normalized spacial score (nSPS) is 10.4. The van der Waals surface area contributed by atoms with Crippen molar-refractivity contribution in [3.8, 4) is 5.75 Å². The maximum Gasteiger partial charge on any atom is 0.191 e. The average Bonchev–Trinajstić information content (AvgIpc) is 2.42. The van der Waals surface area contributed by atoms with Gasteiger partial charge < -0.3 is 15.4 Å². The molecule has 0 saturated heterocycles. The van der Waals surface area contributed by atoms with Crippen molar-refractivity contribution in [3.63, 3.8) is 0 Å². The molecular formula is C15H24IN3O. The molecule has 2 N–H and O–H groups in total. The van der Waals surface area contributed by atoms with Crippen molar-refractivity contribution in [1.82, 2.24) is 10.6 Å². The standard InChI is InChI=1S/C15H23N3O.HI/c1-4-10-17-15(16-5-2)18-11-12-19-14-9-7-6-8-13(14)3;/h4,6-9H,1,5,10-12H2,2-3H3,(H2,16,17,18);1H. The lowest BCUT2D eigenvalue weighted by atomic mass is 10.2. The predicted molar refractivity (Wildman–Crippen MR) is 96.3 cm³/mol. The minimum atomic E-state index is 0. The lowest BCUT2D eigenvalue weighted by molar-refractivity contribution is 0.326. The molecule has 1 rings (SSSR count).